The summed E-state index contributed by atoms with van der Waals surface area (Å²) in [7, 11) is 0. The van der Waals surface area contributed by atoms with Crippen molar-refractivity contribution in [1.29, 1.82) is 0 Å². The Hall–Kier alpha value is -1.36. The standard InChI is InChI=1S/C18H24N2O2/c1-2-4-17-16(3-1)14(13-20-17)7-10-19-15-5-8-18(9-6-15)21-11-12-22-18/h1-4,13,15,19-20H,5-12H2. The number of aromatic nitrogens is 1. The highest BCUT2D eigenvalue weighted by atomic mass is 16.7. The maximum Gasteiger partial charge on any atom is 0.168 e. The first kappa shape index (κ1) is 14.2. The van der Waals surface area contributed by atoms with Gasteiger partial charge in [0.05, 0.1) is 13.2 Å². The van der Waals surface area contributed by atoms with Gasteiger partial charge in [0, 0.05) is 36.0 Å². The van der Waals surface area contributed by atoms with Crippen molar-refractivity contribution in [2.45, 2.75) is 43.9 Å². The molecule has 0 atom stereocenters. The molecule has 1 spiro atoms. The summed E-state index contributed by atoms with van der Waals surface area (Å²) in [6, 6.07) is 9.11. The number of rotatable bonds is 4. The van der Waals surface area contributed by atoms with E-state index in [1.165, 1.54) is 16.5 Å². The molecular formula is C18H24N2O2. The molecule has 4 nitrogen and oxygen atoms in total. The van der Waals surface area contributed by atoms with E-state index in [2.05, 4.69) is 40.8 Å². The molecule has 1 saturated heterocycles. The fourth-order valence-corrected chi connectivity index (χ4v) is 3.80. The van der Waals surface area contributed by atoms with Crippen molar-refractivity contribution in [1.82, 2.24) is 10.3 Å². The molecule has 1 aliphatic heterocycles. The predicted octanol–water partition coefficient (Wildman–Crippen LogP) is 2.99. The number of benzene rings is 1. The quantitative estimate of drug-likeness (QED) is 0.912. The maximum absolute atomic E-state index is 5.79. The second-order valence-electron chi connectivity index (χ2n) is 6.45. The Morgan fingerprint density at radius 3 is 2.73 bits per heavy atom. The van der Waals surface area contributed by atoms with Crippen LogP contribution in [-0.2, 0) is 15.9 Å². The molecule has 118 valence electrons. The van der Waals surface area contributed by atoms with Crippen molar-refractivity contribution in [3.63, 3.8) is 0 Å². The molecule has 0 radical (unpaired) electrons. The average Bonchev–Trinajstić information content (AvgIpc) is 3.18. The van der Waals surface area contributed by atoms with Gasteiger partial charge >= 0.3 is 0 Å². The molecule has 2 N–H and O–H groups in total. The second-order valence-corrected chi connectivity index (χ2v) is 6.45. The lowest BCUT2D eigenvalue weighted by atomic mass is 9.90. The third kappa shape index (κ3) is 2.78. The molecule has 2 aromatic rings. The normalized spacial score (nSPS) is 21.8. The molecule has 1 aromatic carbocycles. The van der Waals surface area contributed by atoms with Crippen LogP contribution in [0.4, 0.5) is 0 Å². The summed E-state index contributed by atoms with van der Waals surface area (Å²) >= 11 is 0. The van der Waals surface area contributed by atoms with Crippen LogP contribution >= 0.6 is 0 Å². The predicted molar refractivity (Wildman–Crippen MR) is 86.9 cm³/mol. The van der Waals surface area contributed by atoms with Crippen LogP contribution in [0.15, 0.2) is 30.5 Å². The number of hydrogen-bond donors (Lipinski definition) is 2. The maximum atomic E-state index is 5.79. The van der Waals surface area contributed by atoms with Gasteiger partial charge in [-0.2, -0.15) is 0 Å². The number of para-hydroxylation sites is 1. The molecule has 4 heteroatoms. The monoisotopic (exact) mass is 300 g/mol. The Kier molecular flexibility index (Phi) is 3.90. The number of nitrogens with one attached hydrogen (secondary N) is 2. The zero-order valence-electron chi connectivity index (χ0n) is 12.9. The summed E-state index contributed by atoms with van der Waals surface area (Å²) in [6.45, 7) is 2.55. The van der Waals surface area contributed by atoms with Crippen molar-refractivity contribution >= 4 is 10.9 Å². The summed E-state index contributed by atoms with van der Waals surface area (Å²) in [5, 5.41) is 5.05. The Morgan fingerprint density at radius 1 is 1.14 bits per heavy atom. The van der Waals surface area contributed by atoms with E-state index in [1.807, 2.05) is 0 Å². The van der Waals surface area contributed by atoms with E-state index in [1.54, 1.807) is 0 Å². The van der Waals surface area contributed by atoms with Crippen molar-refractivity contribution < 1.29 is 9.47 Å². The summed E-state index contributed by atoms with van der Waals surface area (Å²) in [4.78, 5) is 3.35. The van der Waals surface area contributed by atoms with E-state index in [4.69, 9.17) is 9.47 Å². The lowest BCUT2D eigenvalue weighted by Gasteiger charge is -2.35. The van der Waals surface area contributed by atoms with Gasteiger partial charge in [-0.15, -0.1) is 0 Å². The Morgan fingerprint density at radius 2 is 1.91 bits per heavy atom. The summed E-state index contributed by atoms with van der Waals surface area (Å²) in [5.41, 5.74) is 2.63. The van der Waals surface area contributed by atoms with E-state index in [0.29, 0.717) is 6.04 Å². The Balaban J connectivity index is 1.27. The van der Waals surface area contributed by atoms with Gasteiger partial charge in [-0.05, 0) is 37.4 Å². The number of aromatic amines is 1. The van der Waals surface area contributed by atoms with Crippen LogP contribution in [-0.4, -0.2) is 36.6 Å². The second kappa shape index (κ2) is 6.03. The fraction of sp³-hybridized carbons (Fsp3) is 0.556. The Bertz CT molecular complexity index is 621. The van der Waals surface area contributed by atoms with Crippen LogP contribution in [0.3, 0.4) is 0 Å². The third-order valence-electron chi connectivity index (χ3n) is 5.06. The molecule has 1 saturated carbocycles. The molecular weight excluding hydrogens is 276 g/mol. The molecule has 22 heavy (non-hydrogen) atoms. The molecule has 0 bridgehead atoms. The Labute approximate surface area is 131 Å². The van der Waals surface area contributed by atoms with Gasteiger partial charge < -0.3 is 19.8 Å². The molecule has 1 aliphatic carbocycles. The minimum Gasteiger partial charge on any atom is -0.361 e. The third-order valence-corrected chi connectivity index (χ3v) is 5.06. The highest BCUT2D eigenvalue weighted by molar-refractivity contribution is 5.83. The van der Waals surface area contributed by atoms with Crippen molar-refractivity contribution in [2.75, 3.05) is 19.8 Å². The molecule has 2 fully saturated rings. The lowest BCUT2D eigenvalue weighted by molar-refractivity contribution is -0.179. The van der Waals surface area contributed by atoms with Crippen LogP contribution in [0, 0.1) is 0 Å². The number of H-pyrrole nitrogens is 1. The highest BCUT2D eigenvalue weighted by Gasteiger charge is 2.40. The molecule has 2 heterocycles. The van der Waals surface area contributed by atoms with E-state index >= 15 is 0 Å². The summed E-state index contributed by atoms with van der Waals surface area (Å²) in [6.07, 6.45) is 7.55. The zero-order valence-corrected chi connectivity index (χ0v) is 12.9. The minimum atomic E-state index is -0.241. The number of fused-ring (bicyclic) bond motifs is 1. The van der Waals surface area contributed by atoms with Crippen molar-refractivity contribution in [3.05, 3.63) is 36.0 Å². The first-order chi connectivity index (χ1) is 10.8. The minimum absolute atomic E-state index is 0.241. The first-order valence-electron chi connectivity index (χ1n) is 8.41. The summed E-state index contributed by atoms with van der Waals surface area (Å²) in [5.74, 6) is -0.241. The fourth-order valence-electron chi connectivity index (χ4n) is 3.80. The molecule has 0 amide bonds. The largest absolute Gasteiger partial charge is 0.361 e. The van der Waals surface area contributed by atoms with Crippen molar-refractivity contribution in [2.24, 2.45) is 0 Å². The van der Waals surface area contributed by atoms with Crippen LogP contribution in [0.25, 0.3) is 10.9 Å². The van der Waals surface area contributed by atoms with E-state index < -0.39 is 0 Å². The number of ether oxygens (including phenoxy) is 2. The smallest absolute Gasteiger partial charge is 0.168 e. The average molecular weight is 300 g/mol. The van der Waals surface area contributed by atoms with Crippen LogP contribution in [0.5, 0.6) is 0 Å². The SMILES string of the molecule is c1ccc2c(CCNC3CCC4(CC3)OCCO4)c[nH]c2c1. The zero-order chi connectivity index (χ0) is 14.8. The van der Waals surface area contributed by atoms with Gasteiger partial charge in [0.15, 0.2) is 5.79 Å². The van der Waals surface area contributed by atoms with Crippen molar-refractivity contribution in [3.8, 4) is 0 Å². The van der Waals surface area contributed by atoms with E-state index in [-0.39, 0.29) is 5.79 Å². The molecule has 4 rings (SSSR count). The summed E-state index contributed by atoms with van der Waals surface area (Å²) < 4.78 is 11.6. The number of hydrogen-bond acceptors (Lipinski definition) is 3. The lowest BCUT2D eigenvalue weighted by Crippen LogP contribution is -2.42. The van der Waals surface area contributed by atoms with Crippen LogP contribution in [0.2, 0.25) is 0 Å². The van der Waals surface area contributed by atoms with Gasteiger partial charge in [0.1, 0.15) is 0 Å². The molecule has 1 aromatic heterocycles. The van der Waals surface area contributed by atoms with Gasteiger partial charge in [-0.25, -0.2) is 0 Å². The highest BCUT2D eigenvalue weighted by Crippen LogP contribution is 2.35. The topological polar surface area (TPSA) is 46.3 Å². The van der Waals surface area contributed by atoms with Gasteiger partial charge in [-0.1, -0.05) is 18.2 Å². The van der Waals surface area contributed by atoms with E-state index in [0.717, 1.165) is 51.9 Å². The van der Waals surface area contributed by atoms with Crippen LogP contribution < -0.4 is 5.32 Å². The first-order valence-corrected chi connectivity index (χ1v) is 8.41. The van der Waals surface area contributed by atoms with Crippen LogP contribution in [0.1, 0.15) is 31.2 Å². The van der Waals surface area contributed by atoms with E-state index in [9.17, 15) is 0 Å². The molecule has 2 aliphatic rings. The van der Waals surface area contributed by atoms with Gasteiger partial charge in [0.25, 0.3) is 0 Å². The van der Waals surface area contributed by atoms with Gasteiger partial charge in [-0.3, -0.25) is 0 Å². The van der Waals surface area contributed by atoms with Gasteiger partial charge in [0.2, 0.25) is 0 Å². The molecule has 0 unspecified atom stereocenters.